The van der Waals surface area contributed by atoms with E-state index in [9.17, 15) is 18.4 Å². The number of amides is 1. The topological polar surface area (TPSA) is 80.1 Å². The molecular weight excluding hydrogens is 404 g/mol. The number of aromatic nitrogens is 3. The van der Waals surface area contributed by atoms with Gasteiger partial charge in [0.15, 0.2) is 6.29 Å². The molecule has 1 saturated heterocycles. The molecule has 31 heavy (non-hydrogen) atoms. The number of likely N-dealkylation sites (tertiary alicyclic amines) is 1. The zero-order chi connectivity index (χ0) is 22.4. The van der Waals surface area contributed by atoms with Crippen LogP contribution < -0.4 is 5.32 Å². The van der Waals surface area contributed by atoms with Crippen molar-refractivity contribution in [1.82, 2.24) is 24.8 Å². The van der Waals surface area contributed by atoms with Crippen LogP contribution in [0.15, 0.2) is 42.9 Å². The number of carbonyl (C=O) groups excluding carboxylic acids is 2. The van der Waals surface area contributed by atoms with Crippen LogP contribution in [0.25, 0.3) is 16.9 Å². The van der Waals surface area contributed by atoms with E-state index in [1.165, 1.54) is 12.4 Å². The third-order valence-corrected chi connectivity index (χ3v) is 5.00. The van der Waals surface area contributed by atoms with Gasteiger partial charge in [0.05, 0.1) is 5.56 Å². The van der Waals surface area contributed by atoms with Gasteiger partial charge in [0, 0.05) is 62.0 Å². The van der Waals surface area contributed by atoms with Crippen molar-refractivity contribution in [2.45, 2.75) is 25.7 Å². The number of hydrogen-bond acceptors (Lipinski definition) is 5. The summed E-state index contributed by atoms with van der Waals surface area (Å²) in [5.74, 6) is -1.87. The maximum Gasteiger partial charge on any atom is 0.252 e. The first-order chi connectivity index (χ1) is 14.8. The van der Waals surface area contributed by atoms with Gasteiger partial charge in [0.1, 0.15) is 11.5 Å². The number of alkyl halides is 2. The molecular formula is C22H25F2N5O2. The van der Waals surface area contributed by atoms with Crippen molar-refractivity contribution in [2.24, 2.45) is 0 Å². The molecule has 4 heterocycles. The molecule has 3 aromatic rings. The molecule has 1 aliphatic rings. The van der Waals surface area contributed by atoms with Crippen LogP contribution in [-0.2, 0) is 0 Å². The average molecular weight is 429 g/mol. The second-order valence-electron chi connectivity index (χ2n) is 7.41. The average Bonchev–Trinajstić information content (AvgIpc) is 3.20. The van der Waals surface area contributed by atoms with Crippen LogP contribution in [0.1, 0.15) is 40.5 Å². The van der Waals surface area contributed by atoms with Crippen molar-refractivity contribution in [3.05, 3.63) is 54.0 Å². The molecule has 1 amide bonds. The fraction of sp³-hybridized carbons (Fsp3) is 0.364. The highest BCUT2D eigenvalue weighted by Crippen LogP contribution is 2.26. The van der Waals surface area contributed by atoms with Crippen LogP contribution >= 0.6 is 0 Å². The van der Waals surface area contributed by atoms with Crippen molar-refractivity contribution in [3.8, 4) is 5.82 Å². The fourth-order valence-electron chi connectivity index (χ4n) is 3.16. The van der Waals surface area contributed by atoms with E-state index in [1.807, 2.05) is 35.7 Å². The Morgan fingerprint density at radius 2 is 1.94 bits per heavy atom. The summed E-state index contributed by atoms with van der Waals surface area (Å²) in [4.78, 5) is 33.0. The van der Waals surface area contributed by atoms with Gasteiger partial charge in [-0.15, -0.1) is 0 Å². The minimum Gasteiger partial charge on any atom is -0.352 e. The summed E-state index contributed by atoms with van der Waals surface area (Å²) in [6.45, 7) is 3.51. The molecule has 0 aliphatic carbocycles. The Hall–Kier alpha value is -3.20. The number of halogens is 2. The lowest BCUT2D eigenvalue weighted by atomic mass is 10.1. The van der Waals surface area contributed by atoms with E-state index in [1.54, 1.807) is 18.2 Å². The second-order valence-corrected chi connectivity index (χ2v) is 7.41. The van der Waals surface area contributed by atoms with Crippen LogP contribution in [-0.4, -0.2) is 64.2 Å². The summed E-state index contributed by atoms with van der Waals surface area (Å²) in [5, 5.41) is 3.59. The normalized spacial score (nSPS) is 15.7. The third-order valence-electron chi connectivity index (χ3n) is 5.00. The van der Waals surface area contributed by atoms with Gasteiger partial charge >= 0.3 is 0 Å². The quantitative estimate of drug-likeness (QED) is 0.644. The molecule has 9 heteroatoms. The van der Waals surface area contributed by atoms with Crippen molar-refractivity contribution >= 4 is 23.2 Å². The van der Waals surface area contributed by atoms with Crippen LogP contribution in [0.4, 0.5) is 8.78 Å². The van der Waals surface area contributed by atoms with Gasteiger partial charge in [-0.25, -0.2) is 18.7 Å². The first-order valence-electron chi connectivity index (χ1n) is 10.1. The van der Waals surface area contributed by atoms with Crippen molar-refractivity contribution in [3.63, 3.8) is 0 Å². The number of nitrogens with one attached hydrogen (secondary N) is 1. The lowest BCUT2D eigenvalue weighted by Gasteiger charge is -2.28. The van der Waals surface area contributed by atoms with Gasteiger partial charge in [-0.05, 0) is 38.2 Å². The number of fused-ring (bicyclic) bond motifs is 1. The molecule has 4 rings (SSSR count). The smallest absolute Gasteiger partial charge is 0.252 e. The summed E-state index contributed by atoms with van der Waals surface area (Å²) in [6, 6.07) is 7.13. The minimum atomic E-state index is -2.38. The summed E-state index contributed by atoms with van der Waals surface area (Å²) in [6.07, 6.45) is 5.72. The van der Waals surface area contributed by atoms with Crippen molar-refractivity contribution in [1.29, 1.82) is 0 Å². The number of nitrogens with zero attached hydrogens (tertiary/aromatic N) is 4. The third kappa shape index (κ3) is 5.69. The summed E-state index contributed by atoms with van der Waals surface area (Å²) in [5.41, 5.74) is 1.76. The van der Waals surface area contributed by atoms with Crippen molar-refractivity contribution < 1.29 is 18.4 Å². The van der Waals surface area contributed by atoms with E-state index in [-0.39, 0.29) is 18.7 Å². The number of rotatable bonds is 4. The predicted octanol–water partition coefficient (Wildman–Crippen LogP) is 3.33. The highest BCUT2D eigenvalue weighted by molar-refractivity contribution is 5.94. The van der Waals surface area contributed by atoms with E-state index in [0.29, 0.717) is 42.2 Å². The molecule has 0 unspecified atom stereocenters. The zero-order valence-electron chi connectivity index (χ0n) is 17.5. The van der Waals surface area contributed by atoms with E-state index < -0.39 is 5.92 Å². The van der Waals surface area contributed by atoms with Gasteiger partial charge in [0.2, 0.25) is 0 Å². The van der Waals surface area contributed by atoms with Crippen LogP contribution in [0, 0.1) is 0 Å². The number of carbonyl (C=O) groups is 2. The molecule has 0 spiro atoms. The Labute approximate surface area is 179 Å². The Bertz CT molecular complexity index is 1040. The van der Waals surface area contributed by atoms with Crippen LogP contribution in [0.3, 0.4) is 0 Å². The molecule has 0 bridgehead atoms. The van der Waals surface area contributed by atoms with Gasteiger partial charge in [-0.2, -0.15) is 0 Å². The molecule has 0 saturated carbocycles. The largest absolute Gasteiger partial charge is 0.352 e. The first kappa shape index (κ1) is 22.5. The molecule has 0 aromatic carbocycles. The Kier molecular flexibility index (Phi) is 7.06. The first-order valence-corrected chi connectivity index (χ1v) is 10.1. The molecule has 3 aromatic heterocycles. The van der Waals surface area contributed by atoms with E-state index in [4.69, 9.17) is 0 Å². The fourth-order valence-corrected chi connectivity index (χ4v) is 3.16. The van der Waals surface area contributed by atoms with Crippen LogP contribution in [0.2, 0.25) is 0 Å². The molecule has 1 fully saturated rings. The Balaban J connectivity index is 0.000000254. The van der Waals surface area contributed by atoms with Gasteiger partial charge in [-0.1, -0.05) is 0 Å². The molecule has 0 radical (unpaired) electrons. The lowest BCUT2D eigenvalue weighted by molar-refractivity contribution is -0.0504. The molecule has 1 aliphatic heterocycles. The van der Waals surface area contributed by atoms with E-state index in [0.717, 1.165) is 11.7 Å². The SMILES string of the molecule is CCNC(=O)c1ccc(-n2ccc3cc(C=O)cnc32)nc1.CN1CCC(F)(F)CC1. The van der Waals surface area contributed by atoms with E-state index in [2.05, 4.69) is 15.3 Å². The molecule has 0 atom stereocenters. The second kappa shape index (κ2) is 9.74. The van der Waals surface area contributed by atoms with Gasteiger partial charge in [-0.3, -0.25) is 14.2 Å². The zero-order valence-corrected chi connectivity index (χ0v) is 17.5. The Morgan fingerprint density at radius 1 is 1.19 bits per heavy atom. The number of hydrogen-bond donors (Lipinski definition) is 1. The van der Waals surface area contributed by atoms with Gasteiger partial charge in [0.25, 0.3) is 11.8 Å². The Morgan fingerprint density at radius 3 is 2.52 bits per heavy atom. The minimum absolute atomic E-state index is 0.0312. The summed E-state index contributed by atoms with van der Waals surface area (Å²) < 4.78 is 26.5. The highest BCUT2D eigenvalue weighted by atomic mass is 19.3. The monoisotopic (exact) mass is 429 g/mol. The summed E-state index contributed by atoms with van der Waals surface area (Å²) in [7, 11) is 1.87. The van der Waals surface area contributed by atoms with E-state index >= 15 is 0 Å². The van der Waals surface area contributed by atoms with Crippen molar-refractivity contribution in [2.75, 3.05) is 26.7 Å². The number of pyridine rings is 2. The number of aldehydes is 1. The molecule has 1 N–H and O–H groups in total. The van der Waals surface area contributed by atoms with Crippen LogP contribution in [0.5, 0.6) is 0 Å². The predicted molar refractivity (Wildman–Crippen MR) is 114 cm³/mol. The maximum atomic E-state index is 12.4. The number of piperidine rings is 1. The standard InChI is InChI=1S/C16H14N4O2.C6H11F2N/c1-2-17-16(22)13-3-4-14(18-9-13)20-6-5-12-7-11(10-21)8-19-15(12)20;1-9-4-2-6(7,8)3-5-9/h3-10H,2H2,1H3,(H,17,22);2-5H2,1H3. The summed E-state index contributed by atoms with van der Waals surface area (Å²) >= 11 is 0. The lowest BCUT2D eigenvalue weighted by Crippen LogP contribution is -2.36. The molecule has 164 valence electrons. The maximum absolute atomic E-state index is 12.4. The highest BCUT2D eigenvalue weighted by Gasteiger charge is 2.32. The van der Waals surface area contributed by atoms with Gasteiger partial charge < -0.3 is 10.2 Å². The molecule has 7 nitrogen and oxygen atoms in total.